The van der Waals surface area contributed by atoms with Gasteiger partial charge in [0.15, 0.2) is 0 Å². The van der Waals surface area contributed by atoms with Crippen molar-refractivity contribution in [1.29, 1.82) is 0 Å². The van der Waals surface area contributed by atoms with E-state index in [0.717, 1.165) is 22.1 Å². The number of nitrogens with one attached hydrogen (secondary N) is 2. The van der Waals surface area contributed by atoms with Crippen molar-refractivity contribution in [1.82, 2.24) is 15.2 Å². The summed E-state index contributed by atoms with van der Waals surface area (Å²) in [5.74, 6) is 0.816. The van der Waals surface area contributed by atoms with Gasteiger partial charge in [0, 0.05) is 25.0 Å². The van der Waals surface area contributed by atoms with Gasteiger partial charge in [0.2, 0.25) is 0 Å². The molecule has 24 heavy (non-hydrogen) atoms. The van der Waals surface area contributed by atoms with Crippen LogP contribution in [0.5, 0.6) is 5.75 Å². The first kappa shape index (κ1) is 16.1. The van der Waals surface area contributed by atoms with Crippen LogP contribution in [0.1, 0.15) is 11.6 Å². The van der Waals surface area contributed by atoms with E-state index in [2.05, 4.69) is 10.6 Å². The molecule has 3 rings (SSSR count). The molecule has 2 aromatic carbocycles. The SMILES string of the molecule is CNC(CNC(=O)n1cc2ccccc2c1)c1ccc(OC)cc1. The fourth-order valence-corrected chi connectivity index (χ4v) is 2.70. The number of nitrogens with zero attached hydrogens (tertiary/aromatic N) is 1. The van der Waals surface area contributed by atoms with Crippen LogP contribution in [0.4, 0.5) is 4.79 Å². The second-order valence-electron chi connectivity index (χ2n) is 5.59. The van der Waals surface area contributed by atoms with E-state index in [9.17, 15) is 4.79 Å². The van der Waals surface area contributed by atoms with Crippen molar-refractivity contribution < 1.29 is 9.53 Å². The minimum Gasteiger partial charge on any atom is -0.497 e. The zero-order valence-electron chi connectivity index (χ0n) is 13.8. The summed E-state index contributed by atoms with van der Waals surface area (Å²) in [6.07, 6.45) is 3.68. The Morgan fingerprint density at radius 3 is 2.25 bits per heavy atom. The molecule has 0 fully saturated rings. The van der Waals surface area contributed by atoms with Crippen molar-refractivity contribution >= 4 is 16.8 Å². The number of carbonyl (C=O) groups is 1. The van der Waals surface area contributed by atoms with Crippen molar-refractivity contribution in [3.8, 4) is 5.75 Å². The van der Waals surface area contributed by atoms with Gasteiger partial charge < -0.3 is 15.4 Å². The molecule has 0 aliphatic carbocycles. The van der Waals surface area contributed by atoms with Crippen molar-refractivity contribution in [2.75, 3.05) is 20.7 Å². The van der Waals surface area contributed by atoms with E-state index in [1.54, 1.807) is 11.7 Å². The predicted octanol–water partition coefficient (Wildman–Crippen LogP) is 3.17. The minimum atomic E-state index is -0.139. The van der Waals surface area contributed by atoms with Gasteiger partial charge in [-0.05, 0) is 35.5 Å². The van der Waals surface area contributed by atoms with E-state index in [-0.39, 0.29) is 12.1 Å². The number of methoxy groups -OCH3 is 1. The van der Waals surface area contributed by atoms with Gasteiger partial charge in [0.1, 0.15) is 5.75 Å². The van der Waals surface area contributed by atoms with E-state index in [1.165, 1.54) is 0 Å². The number of likely N-dealkylation sites (N-methyl/N-ethyl adjacent to an activating group) is 1. The summed E-state index contributed by atoms with van der Waals surface area (Å²) in [5.41, 5.74) is 1.09. The fourth-order valence-electron chi connectivity index (χ4n) is 2.70. The number of amides is 1. The van der Waals surface area contributed by atoms with Crippen LogP contribution in [0.2, 0.25) is 0 Å². The van der Waals surface area contributed by atoms with E-state index in [1.807, 2.05) is 68.0 Å². The third kappa shape index (κ3) is 3.41. The molecule has 0 aliphatic rings. The van der Waals surface area contributed by atoms with Crippen molar-refractivity contribution in [2.45, 2.75) is 6.04 Å². The molecule has 2 N–H and O–H groups in total. The Hall–Kier alpha value is -2.79. The second kappa shape index (κ2) is 7.19. The predicted molar refractivity (Wildman–Crippen MR) is 95.5 cm³/mol. The molecule has 1 heterocycles. The summed E-state index contributed by atoms with van der Waals surface area (Å²) in [6, 6.07) is 15.6. The van der Waals surface area contributed by atoms with Crippen LogP contribution >= 0.6 is 0 Å². The van der Waals surface area contributed by atoms with Gasteiger partial charge in [0.25, 0.3) is 0 Å². The number of rotatable bonds is 5. The summed E-state index contributed by atoms with van der Waals surface area (Å²) in [6.45, 7) is 0.496. The maximum Gasteiger partial charge on any atom is 0.325 e. The topological polar surface area (TPSA) is 55.3 Å². The lowest BCUT2D eigenvalue weighted by Crippen LogP contribution is -2.35. The first-order valence-electron chi connectivity index (χ1n) is 7.87. The second-order valence-corrected chi connectivity index (χ2v) is 5.59. The summed E-state index contributed by atoms with van der Waals surface area (Å²) in [5, 5.41) is 8.29. The molecule has 1 amide bonds. The highest BCUT2D eigenvalue weighted by atomic mass is 16.5. The molecule has 0 radical (unpaired) electrons. The lowest BCUT2D eigenvalue weighted by Gasteiger charge is -2.18. The molecule has 0 spiro atoms. The Bertz CT molecular complexity index is 791. The normalized spacial score (nSPS) is 12.1. The molecule has 1 aromatic heterocycles. The number of fused-ring (bicyclic) bond motifs is 1. The van der Waals surface area contributed by atoms with Gasteiger partial charge in [-0.3, -0.25) is 4.57 Å². The monoisotopic (exact) mass is 323 g/mol. The lowest BCUT2D eigenvalue weighted by atomic mass is 10.1. The third-order valence-electron chi connectivity index (χ3n) is 4.11. The number of aromatic nitrogens is 1. The van der Waals surface area contributed by atoms with Crippen molar-refractivity contribution in [3.63, 3.8) is 0 Å². The van der Waals surface area contributed by atoms with Gasteiger partial charge in [0.05, 0.1) is 7.11 Å². The summed E-state index contributed by atoms with van der Waals surface area (Å²) >= 11 is 0. The first-order chi connectivity index (χ1) is 11.7. The molecule has 0 saturated heterocycles. The Kier molecular flexibility index (Phi) is 4.82. The Labute approximate surface area is 141 Å². The Morgan fingerprint density at radius 2 is 1.71 bits per heavy atom. The number of hydrogen-bond acceptors (Lipinski definition) is 3. The van der Waals surface area contributed by atoms with Crippen LogP contribution in [-0.2, 0) is 0 Å². The van der Waals surface area contributed by atoms with E-state index in [4.69, 9.17) is 4.74 Å². The maximum absolute atomic E-state index is 12.4. The number of benzene rings is 2. The summed E-state index contributed by atoms with van der Waals surface area (Å²) in [7, 11) is 3.52. The average molecular weight is 323 g/mol. The van der Waals surface area contributed by atoms with Crippen molar-refractivity contribution in [2.24, 2.45) is 0 Å². The number of carbonyl (C=O) groups excluding carboxylic acids is 1. The molecular weight excluding hydrogens is 302 g/mol. The van der Waals surface area contributed by atoms with Gasteiger partial charge in [-0.25, -0.2) is 4.79 Å². The van der Waals surface area contributed by atoms with Crippen LogP contribution in [0.15, 0.2) is 60.9 Å². The van der Waals surface area contributed by atoms with Gasteiger partial charge in [-0.15, -0.1) is 0 Å². The first-order valence-corrected chi connectivity index (χ1v) is 7.87. The van der Waals surface area contributed by atoms with Crippen LogP contribution in [-0.4, -0.2) is 31.3 Å². The molecule has 1 unspecified atom stereocenters. The van der Waals surface area contributed by atoms with Gasteiger partial charge in [-0.2, -0.15) is 0 Å². The minimum absolute atomic E-state index is 0.0323. The van der Waals surface area contributed by atoms with E-state index < -0.39 is 0 Å². The fraction of sp³-hybridized carbons (Fsp3) is 0.211. The van der Waals surface area contributed by atoms with Gasteiger partial charge >= 0.3 is 6.03 Å². The molecular formula is C19H21N3O2. The molecule has 5 heteroatoms. The average Bonchev–Trinajstić information content (AvgIpc) is 3.07. The third-order valence-corrected chi connectivity index (χ3v) is 4.11. The van der Waals surface area contributed by atoms with E-state index in [0.29, 0.717) is 6.54 Å². The zero-order valence-corrected chi connectivity index (χ0v) is 13.8. The maximum atomic E-state index is 12.4. The Morgan fingerprint density at radius 1 is 1.08 bits per heavy atom. The highest BCUT2D eigenvalue weighted by Crippen LogP contribution is 2.17. The molecule has 1 atom stereocenters. The zero-order chi connectivity index (χ0) is 16.9. The van der Waals surface area contributed by atoms with Crippen LogP contribution in [0, 0.1) is 0 Å². The highest BCUT2D eigenvalue weighted by molar-refractivity contribution is 5.88. The van der Waals surface area contributed by atoms with Crippen LogP contribution < -0.4 is 15.4 Å². The number of hydrogen-bond donors (Lipinski definition) is 2. The molecule has 5 nitrogen and oxygen atoms in total. The quantitative estimate of drug-likeness (QED) is 0.758. The van der Waals surface area contributed by atoms with Crippen molar-refractivity contribution in [3.05, 3.63) is 66.5 Å². The molecule has 0 bridgehead atoms. The van der Waals surface area contributed by atoms with Crippen LogP contribution in [0.25, 0.3) is 10.8 Å². The van der Waals surface area contributed by atoms with E-state index >= 15 is 0 Å². The molecule has 124 valence electrons. The Balaban J connectivity index is 1.66. The lowest BCUT2D eigenvalue weighted by molar-refractivity contribution is 0.241. The molecule has 3 aromatic rings. The molecule has 0 aliphatic heterocycles. The number of ether oxygens (including phenoxy) is 1. The van der Waals surface area contributed by atoms with Gasteiger partial charge in [-0.1, -0.05) is 36.4 Å². The molecule has 0 saturated carbocycles. The van der Waals surface area contributed by atoms with Crippen LogP contribution in [0.3, 0.4) is 0 Å². The smallest absolute Gasteiger partial charge is 0.325 e. The highest BCUT2D eigenvalue weighted by Gasteiger charge is 2.12. The standard InChI is InChI=1S/C19H21N3O2/c1-20-18(14-7-9-17(24-2)10-8-14)11-21-19(23)22-12-15-5-3-4-6-16(15)13-22/h3-10,12-13,18,20H,11H2,1-2H3,(H,21,23). The largest absolute Gasteiger partial charge is 0.497 e. The summed E-state index contributed by atoms with van der Waals surface area (Å²) < 4.78 is 6.76. The summed E-state index contributed by atoms with van der Waals surface area (Å²) in [4.78, 5) is 12.4.